The molecule has 0 aromatic heterocycles. The zero-order chi connectivity index (χ0) is 18.7. The van der Waals surface area contributed by atoms with Gasteiger partial charge in [-0.15, -0.1) is 6.58 Å². The number of anilines is 2. The van der Waals surface area contributed by atoms with E-state index < -0.39 is 17.9 Å². The van der Waals surface area contributed by atoms with Crippen molar-refractivity contribution in [3.8, 4) is 0 Å². The van der Waals surface area contributed by atoms with E-state index in [1.165, 1.54) is 5.32 Å². The second-order valence-corrected chi connectivity index (χ2v) is 5.54. The van der Waals surface area contributed by atoms with E-state index in [0.29, 0.717) is 23.0 Å². The Labute approximate surface area is 151 Å². The summed E-state index contributed by atoms with van der Waals surface area (Å²) in [4.78, 5) is 23.0. The number of thiocarbonyl (C=S) groups is 1. The fraction of sp³-hybridized carbons (Fsp3) is 0.312. The Hall–Kier alpha value is -2.49. The highest BCUT2D eigenvalue weighted by Gasteiger charge is 2.18. The molecule has 1 aromatic carbocycles. The van der Waals surface area contributed by atoms with Gasteiger partial charge in [0.2, 0.25) is 5.91 Å². The van der Waals surface area contributed by atoms with E-state index in [1.807, 2.05) is 0 Å². The summed E-state index contributed by atoms with van der Waals surface area (Å²) in [6.07, 6.45) is 1.41. The first-order valence-electron chi connectivity index (χ1n) is 7.67. The first-order valence-corrected chi connectivity index (χ1v) is 8.07. The van der Waals surface area contributed by atoms with Crippen molar-refractivity contribution in [2.75, 3.05) is 30.3 Å². The summed E-state index contributed by atoms with van der Waals surface area (Å²) in [5.41, 5.74) is 1.17. The molecule has 1 rings (SSSR count). The van der Waals surface area contributed by atoms with Gasteiger partial charge in [-0.2, -0.15) is 0 Å². The Morgan fingerprint density at radius 2 is 2.04 bits per heavy atom. The number of quaternary nitrogens is 1. The molecule has 1 atom stereocenters. The van der Waals surface area contributed by atoms with Gasteiger partial charge in [-0.3, -0.25) is 4.79 Å². The highest BCUT2D eigenvalue weighted by molar-refractivity contribution is 7.80. The monoisotopic (exact) mass is 366 g/mol. The zero-order valence-corrected chi connectivity index (χ0v) is 14.5. The molecule has 0 aliphatic carbocycles. The van der Waals surface area contributed by atoms with Gasteiger partial charge in [0.1, 0.15) is 6.04 Å². The van der Waals surface area contributed by atoms with Gasteiger partial charge in [0.15, 0.2) is 5.11 Å². The molecule has 0 saturated carbocycles. The lowest BCUT2D eigenvalue weighted by molar-refractivity contribution is -0.683. The lowest BCUT2D eigenvalue weighted by Crippen LogP contribution is -2.94. The summed E-state index contributed by atoms with van der Waals surface area (Å²) in [6.45, 7) is 4.11. The van der Waals surface area contributed by atoms with Gasteiger partial charge < -0.3 is 36.3 Å². The second kappa shape index (κ2) is 11.1. The summed E-state index contributed by atoms with van der Waals surface area (Å²) >= 11 is 5.10. The number of carboxylic acid groups (broad SMARTS) is 1. The highest BCUT2D eigenvalue weighted by Crippen LogP contribution is 2.15. The normalized spacial score (nSPS) is 11.2. The molecule has 0 aliphatic rings. The fourth-order valence-electron chi connectivity index (χ4n) is 1.97. The number of carbonyl (C=O) groups is 2. The largest absolute Gasteiger partial charge is 0.544 e. The quantitative estimate of drug-likeness (QED) is 0.243. The van der Waals surface area contributed by atoms with Gasteiger partial charge in [-0.25, -0.2) is 0 Å². The molecule has 0 aliphatic heterocycles. The van der Waals surface area contributed by atoms with Crippen molar-refractivity contribution < 1.29 is 25.1 Å². The average molecular weight is 366 g/mol. The number of hydrogen-bond acceptors (Lipinski definition) is 5. The lowest BCUT2D eigenvalue weighted by Gasteiger charge is -2.16. The molecule has 0 saturated heterocycles. The van der Waals surface area contributed by atoms with Gasteiger partial charge in [0, 0.05) is 17.9 Å². The minimum Gasteiger partial charge on any atom is -0.544 e. The molecule has 0 bridgehead atoms. The molecule has 0 unspecified atom stereocenters. The molecule has 8 nitrogen and oxygen atoms in total. The Bertz CT molecular complexity index is 624. The van der Waals surface area contributed by atoms with Crippen LogP contribution in [0, 0.1) is 0 Å². The third kappa shape index (κ3) is 8.25. The third-order valence-electron chi connectivity index (χ3n) is 3.10. The van der Waals surface area contributed by atoms with Gasteiger partial charge in [-0.1, -0.05) is 12.1 Å². The van der Waals surface area contributed by atoms with Crippen molar-refractivity contribution >= 4 is 40.6 Å². The zero-order valence-electron chi connectivity index (χ0n) is 13.7. The van der Waals surface area contributed by atoms with Crippen LogP contribution in [-0.2, 0) is 9.59 Å². The summed E-state index contributed by atoms with van der Waals surface area (Å²) in [5, 5.41) is 30.0. The fourth-order valence-corrected chi connectivity index (χ4v) is 2.17. The number of carbonyl (C=O) groups excluding carboxylic acids is 2. The topological polar surface area (TPSA) is 130 Å². The summed E-state index contributed by atoms with van der Waals surface area (Å²) in [7, 11) is 0. The maximum Gasteiger partial charge on any atom is 0.230 e. The van der Waals surface area contributed by atoms with Crippen LogP contribution >= 0.6 is 12.2 Å². The number of carboxylic acids is 1. The van der Waals surface area contributed by atoms with E-state index in [-0.39, 0.29) is 19.6 Å². The number of amides is 1. The van der Waals surface area contributed by atoms with Crippen molar-refractivity contribution in [2.24, 2.45) is 0 Å². The SMILES string of the molecule is C=CCNC(=S)Nc1cccc(NC(=O)C[C@@H]([NH2+]CCO)C(=O)[O-])c1. The molecule has 1 amide bonds. The smallest absolute Gasteiger partial charge is 0.230 e. The number of rotatable bonds is 10. The molecule has 1 aromatic rings. The van der Waals surface area contributed by atoms with Crippen LogP contribution in [0.5, 0.6) is 0 Å². The van der Waals surface area contributed by atoms with E-state index in [4.69, 9.17) is 17.3 Å². The van der Waals surface area contributed by atoms with Gasteiger partial charge >= 0.3 is 0 Å². The summed E-state index contributed by atoms with van der Waals surface area (Å²) < 4.78 is 0. The van der Waals surface area contributed by atoms with Crippen LogP contribution in [0.3, 0.4) is 0 Å². The molecular weight excluding hydrogens is 344 g/mol. The number of nitrogens with one attached hydrogen (secondary N) is 3. The van der Waals surface area contributed by atoms with E-state index in [2.05, 4.69) is 22.5 Å². The van der Waals surface area contributed by atoms with E-state index >= 15 is 0 Å². The van der Waals surface area contributed by atoms with Gasteiger partial charge in [0.05, 0.1) is 25.5 Å². The molecule has 25 heavy (non-hydrogen) atoms. The standard InChI is InChI=1S/C16H22N4O4S/c1-2-6-18-16(25)20-12-5-3-4-11(9-12)19-14(22)10-13(15(23)24)17-7-8-21/h2-5,9,13,17,21H,1,6-8,10H2,(H,19,22)(H,23,24)(H2,18,20,25)/t13-/m1/s1. The molecule has 0 radical (unpaired) electrons. The van der Waals surface area contributed by atoms with Crippen LogP contribution in [0.4, 0.5) is 11.4 Å². The number of nitrogens with two attached hydrogens (primary N) is 1. The number of aliphatic hydroxyl groups excluding tert-OH is 1. The van der Waals surface area contributed by atoms with Crippen molar-refractivity contribution in [1.82, 2.24) is 5.32 Å². The predicted molar refractivity (Wildman–Crippen MR) is 96.8 cm³/mol. The number of hydrogen-bond donors (Lipinski definition) is 5. The predicted octanol–water partition coefficient (Wildman–Crippen LogP) is -1.84. The molecule has 0 fully saturated rings. The van der Waals surface area contributed by atoms with Crippen LogP contribution in [0.2, 0.25) is 0 Å². The van der Waals surface area contributed by atoms with E-state index in [1.54, 1.807) is 30.3 Å². The number of aliphatic hydroxyl groups is 1. The summed E-state index contributed by atoms with van der Waals surface area (Å²) in [6, 6.07) is 5.79. The minimum absolute atomic E-state index is 0.181. The van der Waals surface area contributed by atoms with E-state index in [0.717, 1.165) is 0 Å². The minimum atomic E-state index is -1.35. The average Bonchev–Trinajstić information content (AvgIpc) is 2.56. The third-order valence-corrected chi connectivity index (χ3v) is 3.35. The van der Waals surface area contributed by atoms with Crippen molar-refractivity contribution in [2.45, 2.75) is 12.5 Å². The maximum atomic E-state index is 12.0. The molecule has 9 heteroatoms. The maximum absolute atomic E-state index is 12.0. The Morgan fingerprint density at radius 1 is 1.36 bits per heavy atom. The van der Waals surface area contributed by atoms with Crippen molar-refractivity contribution in [1.29, 1.82) is 0 Å². The Morgan fingerprint density at radius 3 is 2.64 bits per heavy atom. The van der Waals surface area contributed by atoms with Gasteiger partial charge in [-0.05, 0) is 30.4 Å². The van der Waals surface area contributed by atoms with Crippen LogP contribution in [-0.4, -0.2) is 47.8 Å². The number of benzene rings is 1. The summed E-state index contributed by atoms with van der Waals surface area (Å²) in [5.74, 6) is -1.81. The van der Waals surface area contributed by atoms with Crippen molar-refractivity contribution in [3.05, 3.63) is 36.9 Å². The van der Waals surface area contributed by atoms with Crippen LogP contribution in [0.25, 0.3) is 0 Å². The second-order valence-electron chi connectivity index (χ2n) is 5.13. The highest BCUT2D eigenvalue weighted by atomic mass is 32.1. The molecule has 6 N–H and O–H groups in total. The molecule has 136 valence electrons. The lowest BCUT2D eigenvalue weighted by atomic mass is 10.2. The Kier molecular flexibility index (Phi) is 9.15. The van der Waals surface area contributed by atoms with E-state index in [9.17, 15) is 14.7 Å². The van der Waals surface area contributed by atoms with Gasteiger partial charge in [0.25, 0.3) is 0 Å². The first-order chi connectivity index (χ1) is 12.0. The molecule has 0 spiro atoms. The molecular formula is C16H22N4O4S. The first kappa shape index (κ1) is 20.6. The number of aliphatic carboxylic acids is 1. The van der Waals surface area contributed by atoms with Crippen molar-refractivity contribution in [3.63, 3.8) is 0 Å². The molecule has 0 heterocycles. The Balaban J connectivity index is 2.61. The van der Waals surface area contributed by atoms with Crippen LogP contribution in [0.15, 0.2) is 36.9 Å². The van der Waals surface area contributed by atoms with Crippen LogP contribution < -0.4 is 26.4 Å². The van der Waals surface area contributed by atoms with Crippen LogP contribution in [0.1, 0.15) is 6.42 Å².